The van der Waals surface area contributed by atoms with Crippen LogP contribution in [0.1, 0.15) is 30.5 Å². The maximum atomic E-state index is 10.9. The number of aliphatic hydroxyl groups excluding tert-OH is 2. The second-order valence-corrected chi connectivity index (χ2v) is 7.47. The number of aliphatic hydroxyl groups is 3. The normalized spacial score (nSPS) is 29.3. The highest BCUT2D eigenvalue weighted by atomic mass is 35.5. The second kappa shape index (κ2) is 6.54. The van der Waals surface area contributed by atoms with E-state index in [1.807, 2.05) is 13.0 Å². The van der Waals surface area contributed by atoms with Crippen LogP contribution in [0.25, 0.3) is 11.0 Å². The summed E-state index contributed by atoms with van der Waals surface area (Å²) in [5.74, 6) is 0. The predicted molar refractivity (Wildman–Crippen MR) is 99.2 cm³/mol. The molecule has 0 unspecified atom stereocenters. The molecule has 0 aliphatic carbocycles. The first-order chi connectivity index (χ1) is 12.8. The van der Waals surface area contributed by atoms with E-state index in [1.165, 1.54) is 13.3 Å². The maximum absolute atomic E-state index is 10.9. The number of aryl methyl sites for hydroxylation is 1. The lowest BCUT2D eigenvalue weighted by atomic mass is 9.88. The van der Waals surface area contributed by atoms with Gasteiger partial charge in [-0.3, -0.25) is 0 Å². The smallest absolute Gasteiger partial charge is 0.164 e. The van der Waals surface area contributed by atoms with Crippen LogP contribution in [0.2, 0.25) is 5.02 Å². The number of rotatable bonds is 3. The summed E-state index contributed by atoms with van der Waals surface area (Å²) < 4.78 is 7.59. The van der Waals surface area contributed by atoms with E-state index in [-0.39, 0.29) is 0 Å². The lowest BCUT2D eigenvalue weighted by Crippen LogP contribution is -2.47. The molecular weight excluding hydrogens is 370 g/mol. The summed E-state index contributed by atoms with van der Waals surface area (Å²) in [4.78, 5) is 8.42. The van der Waals surface area contributed by atoms with E-state index < -0.39 is 30.1 Å². The van der Waals surface area contributed by atoms with Crippen molar-refractivity contribution in [1.29, 1.82) is 0 Å². The van der Waals surface area contributed by atoms with Crippen molar-refractivity contribution in [3.05, 3.63) is 59.1 Å². The maximum Gasteiger partial charge on any atom is 0.164 e. The number of hydrogen-bond acceptors (Lipinski definition) is 6. The van der Waals surface area contributed by atoms with E-state index in [4.69, 9.17) is 16.3 Å². The summed E-state index contributed by atoms with van der Waals surface area (Å²) in [6.07, 6.45) is -1.25. The molecule has 4 rings (SSSR count). The molecule has 8 heteroatoms. The fourth-order valence-electron chi connectivity index (χ4n) is 3.60. The van der Waals surface area contributed by atoms with Gasteiger partial charge >= 0.3 is 0 Å². The zero-order valence-corrected chi connectivity index (χ0v) is 15.6. The molecule has 142 valence electrons. The molecule has 0 bridgehead atoms. The summed E-state index contributed by atoms with van der Waals surface area (Å²) in [6.45, 7) is 3.31. The van der Waals surface area contributed by atoms with Crippen LogP contribution in [0, 0.1) is 6.92 Å². The third-order valence-electron chi connectivity index (χ3n) is 5.19. The Labute approximate surface area is 160 Å². The highest BCUT2D eigenvalue weighted by Gasteiger charge is 2.55. The van der Waals surface area contributed by atoms with Gasteiger partial charge in [0.1, 0.15) is 35.9 Å². The van der Waals surface area contributed by atoms with Gasteiger partial charge in [-0.05, 0) is 37.6 Å². The van der Waals surface area contributed by atoms with Crippen LogP contribution in [-0.4, -0.2) is 47.7 Å². The summed E-state index contributed by atoms with van der Waals surface area (Å²) in [5, 5.41) is 33.7. The molecule has 1 aliphatic heterocycles. The SMILES string of the molecule is Cc1ncnc2c1ccn2[C@@H]1O[C@H]([C@H](O)c2cccc(Cl)c2)[C@@](C)(O)[C@H]1O. The van der Waals surface area contributed by atoms with Gasteiger partial charge in [-0.2, -0.15) is 0 Å². The molecule has 0 spiro atoms. The van der Waals surface area contributed by atoms with Crippen molar-refractivity contribution >= 4 is 22.6 Å². The van der Waals surface area contributed by atoms with Crippen molar-refractivity contribution < 1.29 is 20.1 Å². The number of aromatic nitrogens is 3. The van der Waals surface area contributed by atoms with Crippen LogP contribution in [0.3, 0.4) is 0 Å². The largest absolute Gasteiger partial charge is 0.386 e. The molecule has 0 radical (unpaired) electrons. The molecule has 2 aromatic heterocycles. The average Bonchev–Trinajstić information content (AvgIpc) is 3.15. The Kier molecular flexibility index (Phi) is 4.44. The summed E-state index contributed by atoms with van der Waals surface area (Å²) >= 11 is 6.00. The van der Waals surface area contributed by atoms with Gasteiger partial charge in [0.15, 0.2) is 6.23 Å². The summed E-state index contributed by atoms with van der Waals surface area (Å²) in [6, 6.07) is 8.52. The fourth-order valence-corrected chi connectivity index (χ4v) is 3.80. The second-order valence-electron chi connectivity index (χ2n) is 7.04. The van der Waals surface area contributed by atoms with Crippen LogP contribution in [0.5, 0.6) is 0 Å². The van der Waals surface area contributed by atoms with E-state index >= 15 is 0 Å². The number of nitrogens with zero attached hydrogens (tertiary/aromatic N) is 3. The molecule has 1 aliphatic rings. The average molecular weight is 390 g/mol. The molecule has 3 aromatic rings. The quantitative estimate of drug-likeness (QED) is 0.634. The molecule has 3 heterocycles. The number of fused-ring (bicyclic) bond motifs is 1. The Hall–Kier alpha value is -2.03. The van der Waals surface area contributed by atoms with Crippen molar-refractivity contribution in [1.82, 2.24) is 14.5 Å². The third kappa shape index (κ3) is 2.92. The lowest BCUT2D eigenvalue weighted by Gasteiger charge is -2.29. The van der Waals surface area contributed by atoms with Gasteiger partial charge in [-0.25, -0.2) is 9.97 Å². The molecule has 27 heavy (non-hydrogen) atoms. The third-order valence-corrected chi connectivity index (χ3v) is 5.43. The van der Waals surface area contributed by atoms with Crippen molar-refractivity contribution in [2.24, 2.45) is 0 Å². The van der Waals surface area contributed by atoms with Gasteiger partial charge in [0.05, 0.1) is 5.69 Å². The van der Waals surface area contributed by atoms with Gasteiger partial charge in [0, 0.05) is 16.6 Å². The molecule has 1 fully saturated rings. The number of hydrogen-bond donors (Lipinski definition) is 3. The fraction of sp³-hybridized carbons (Fsp3) is 0.368. The Morgan fingerprint density at radius 2 is 2.07 bits per heavy atom. The number of benzene rings is 1. The number of halogens is 1. The minimum absolute atomic E-state index is 0.463. The Balaban J connectivity index is 1.71. The zero-order chi connectivity index (χ0) is 19.3. The molecular formula is C19H20ClN3O4. The van der Waals surface area contributed by atoms with E-state index in [9.17, 15) is 15.3 Å². The van der Waals surface area contributed by atoms with Gasteiger partial charge < -0.3 is 24.6 Å². The molecule has 3 N–H and O–H groups in total. The van der Waals surface area contributed by atoms with E-state index in [2.05, 4.69) is 9.97 Å². The highest BCUT2D eigenvalue weighted by molar-refractivity contribution is 6.30. The minimum atomic E-state index is -1.69. The molecule has 1 aromatic carbocycles. The topological polar surface area (TPSA) is 101 Å². The van der Waals surface area contributed by atoms with Gasteiger partial charge in [0.25, 0.3) is 0 Å². The van der Waals surface area contributed by atoms with Crippen molar-refractivity contribution in [3.8, 4) is 0 Å². The van der Waals surface area contributed by atoms with Crippen LogP contribution in [-0.2, 0) is 4.74 Å². The molecule has 0 amide bonds. The zero-order valence-electron chi connectivity index (χ0n) is 14.8. The van der Waals surface area contributed by atoms with Crippen LogP contribution >= 0.6 is 11.6 Å². The van der Waals surface area contributed by atoms with Crippen LogP contribution in [0.4, 0.5) is 0 Å². The molecule has 0 saturated carbocycles. The Morgan fingerprint density at radius 1 is 1.30 bits per heavy atom. The Bertz CT molecular complexity index is 990. The first kappa shape index (κ1) is 18.3. The van der Waals surface area contributed by atoms with Crippen LogP contribution < -0.4 is 0 Å². The monoisotopic (exact) mass is 389 g/mol. The van der Waals surface area contributed by atoms with E-state index in [0.29, 0.717) is 16.2 Å². The summed E-state index contributed by atoms with van der Waals surface area (Å²) in [7, 11) is 0. The van der Waals surface area contributed by atoms with E-state index in [0.717, 1.165) is 11.1 Å². The lowest BCUT2D eigenvalue weighted by molar-refractivity contribution is -0.115. The minimum Gasteiger partial charge on any atom is -0.386 e. The summed E-state index contributed by atoms with van der Waals surface area (Å²) in [5.41, 5.74) is 0.190. The molecule has 1 saturated heterocycles. The van der Waals surface area contributed by atoms with Crippen molar-refractivity contribution in [2.75, 3.05) is 0 Å². The van der Waals surface area contributed by atoms with Crippen molar-refractivity contribution in [3.63, 3.8) is 0 Å². The van der Waals surface area contributed by atoms with Crippen LogP contribution in [0.15, 0.2) is 42.9 Å². The molecule has 5 atom stereocenters. The van der Waals surface area contributed by atoms with Gasteiger partial charge in [-0.15, -0.1) is 0 Å². The predicted octanol–water partition coefficient (Wildman–Crippen LogP) is 2.14. The Morgan fingerprint density at radius 3 is 2.81 bits per heavy atom. The number of ether oxygens (including phenoxy) is 1. The first-order valence-electron chi connectivity index (χ1n) is 8.58. The standard InChI is InChI=1S/C19H20ClN3O4/c1-10-13-6-7-23(17(13)22-9-21-10)18-15(25)19(2,26)16(27-18)14(24)11-4-3-5-12(20)8-11/h3-9,14-16,18,24-26H,1-2H3/t14-,15+,16-,18-,19+/m1/s1. The van der Waals surface area contributed by atoms with E-state index in [1.54, 1.807) is 35.0 Å². The first-order valence-corrected chi connectivity index (χ1v) is 8.96. The van der Waals surface area contributed by atoms with Gasteiger partial charge in [0.2, 0.25) is 0 Å². The highest BCUT2D eigenvalue weighted by Crippen LogP contribution is 2.43. The molecule has 7 nitrogen and oxygen atoms in total. The van der Waals surface area contributed by atoms with Crippen molar-refractivity contribution in [2.45, 2.75) is 44.0 Å². The van der Waals surface area contributed by atoms with Gasteiger partial charge in [-0.1, -0.05) is 23.7 Å².